The summed E-state index contributed by atoms with van der Waals surface area (Å²) in [6.45, 7) is 12.6. The zero-order chi connectivity index (χ0) is 47.2. The Labute approximate surface area is 381 Å². The van der Waals surface area contributed by atoms with E-state index in [0.717, 1.165) is 31.2 Å². The number of carbonyl (C=O) groups excluding carboxylic acids is 6. The van der Waals surface area contributed by atoms with Crippen LogP contribution in [0.25, 0.3) is 0 Å². The van der Waals surface area contributed by atoms with Crippen molar-refractivity contribution in [3.63, 3.8) is 0 Å². The largest absolute Gasteiger partial charge is 0.467 e. The Kier molecular flexibility index (Phi) is 20.5. The average molecular weight is 899 g/mol. The fourth-order valence-corrected chi connectivity index (χ4v) is 10.6. The predicted molar refractivity (Wildman–Crippen MR) is 242 cm³/mol. The lowest BCUT2D eigenvalue weighted by molar-refractivity contribution is -0.149. The average Bonchev–Trinajstić information content (AvgIpc) is 4.00. The van der Waals surface area contributed by atoms with E-state index in [0.29, 0.717) is 45.3 Å². The van der Waals surface area contributed by atoms with Crippen LogP contribution in [0, 0.1) is 29.6 Å². The van der Waals surface area contributed by atoms with E-state index < -0.39 is 60.2 Å². The molecule has 2 bridgehead atoms. The lowest BCUT2D eigenvalue weighted by atomic mass is 9.89. The molecule has 0 spiro atoms. The van der Waals surface area contributed by atoms with E-state index in [4.69, 9.17) is 20.1 Å². The summed E-state index contributed by atoms with van der Waals surface area (Å²) < 4.78 is 17.1. The maximum atomic E-state index is 14.7. The summed E-state index contributed by atoms with van der Waals surface area (Å²) in [6.07, 6.45) is 5.12. The molecule has 1 aromatic carbocycles. The van der Waals surface area contributed by atoms with E-state index in [1.165, 1.54) is 14.2 Å². The van der Waals surface area contributed by atoms with Crippen molar-refractivity contribution < 1.29 is 47.8 Å². The summed E-state index contributed by atoms with van der Waals surface area (Å²) >= 11 is 0. The molecule has 0 aromatic heterocycles. The van der Waals surface area contributed by atoms with Gasteiger partial charge >= 0.3 is 5.97 Å². The number of likely N-dealkylation sites (N-methyl/N-ethyl adjacent to an activating group) is 1. The van der Waals surface area contributed by atoms with Crippen LogP contribution in [0.15, 0.2) is 30.3 Å². The molecule has 12 atom stereocenters. The van der Waals surface area contributed by atoms with Crippen molar-refractivity contribution in [2.45, 2.75) is 161 Å². The Hall–Kier alpha value is -4.12. The molecule has 1 saturated carbocycles. The molecule has 1 aliphatic carbocycles. The molecule has 64 heavy (non-hydrogen) atoms. The topological polar surface area (TPSA) is 199 Å². The highest BCUT2D eigenvalue weighted by atomic mass is 16.6. The number of nitrogens with one attached hydrogen (secondary N) is 2. The third kappa shape index (κ3) is 12.6. The number of nitrogens with two attached hydrogens (primary N) is 1. The second kappa shape index (κ2) is 25.0. The first-order chi connectivity index (χ1) is 30.6. The Balaban J connectivity index is 1.47. The normalized spacial score (nSPS) is 23.8. The lowest BCUT2D eigenvalue weighted by Gasteiger charge is -2.41. The van der Waals surface area contributed by atoms with Crippen molar-refractivity contribution in [3.05, 3.63) is 35.9 Å². The molecule has 2 heterocycles. The van der Waals surface area contributed by atoms with Crippen LogP contribution in [0.2, 0.25) is 0 Å². The van der Waals surface area contributed by atoms with E-state index in [2.05, 4.69) is 22.4 Å². The van der Waals surface area contributed by atoms with Crippen molar-refractivity contribution in [1.29, 1.82) is 0 Å². The number of piperidine rings is 1. The highest BCUT2D eigenvalue weighted by Crippen LogP contribution is 2.47. The molecule has 1 unspecified atom stereocenters. The van der Waals surface area contributed by atoms with E-state index in [9.17, 15) is 28.8 Å². The number of methoxy groups -OCH3 is 3. The molecule has 2 saturated heterocycles. The SMILES string of the molecule is CC[C@H](C)[C@@H]([C@@H](CC(=O)N1CCC[C@H]1[C@H](OC)[C@@H](C)C(=O)N[C@@H](Cc1ccccc1)C(=O)OC)OC)N(C)C(=O)[C@@H](NC(=O)[C@@H]1[C@H]2CCC([C@H]2C)N1C(=O)CCCCCON)C(C)C. The zero-order valence-corrected chi connectivity index (χ0v) is 40.1. The number of amides is 5. The van der Waals surface area contributed by atoms with Crippen molar-refractivity contribution in [1.82, 2.24) is 25.3 Å². The van der Waals surface area contributed by atoms with E-state index in [1.54, 1.807) is 35.8 Å². The Morgan fingerprint density at radius 1 is 0.906 bits per heavy atom. The third-order valence-electron chi connectivity index (χ3n) is 14.4. The second-order valence-corrected chi connectivity index (χ2v) is 18.7. The van der Waals surface area contributed by atoms with Crippen LogP contribution in [-0.2, 0) is 54.2 Å². The first-order valence-corrected chi connectivity index (χ1v) is 23.5. The third-order valence-corrected chi connectivity index (χ3v) is 14.4. The number of benzene rings is 1. The Morgan fingerprint density at radius 2 is 1.61 bits per heavy atom. The van der Waals surface area contributed by atoms with Crippen LogP contribution in [0.3, 0.4) is 0 Å². The van der Waals surface area contributed by atoms with Gasteiger partial charge in [0.15, 0.2) is 0 Å². The van der Waals surface area contributed by atoms with Gasteiger partial charge in [-0.3, -0.25) is 24.0 Å². The summed E-state index contributed by atoms with van der Waals surface area (Å²) in [5.41, 5.74) is 0.865. The number of hydrogen-bond donors (Lipinski definition) is 3. The number of unbranched alkanes of at least 4 members (excludes halogenated alkanes) is 2. The van der Waals surface area contributed by atoms with Crippen molar-refractivity contribution in [2.75, 3.05) is 41.5 Å². The number of likely N-dealkylation sites (tertiary alicyclic amines) is 2. The number of nitrogens with zero attached hydrogens (tertiary/aromatic N) is 3. The highest BCUT2D eigenvalue weighted by Gasteiger charge is 2.56. The molecule has 3 fully saturated rings. The standard InChI is InChI=1S/C48H78N6O10/c1-11-30(4)42(52(7)47(59)41(29(2)3)51-46(58)43-34-23-24-36(31(34)5)54(43)39(55)22-16-13-17-26-64-49)38(61-8)28-40(56)53-25-18-21-37(53)44(62-9)32(6)45(57)50-35(48(60)63-10)27-33-19-14-12-15-20-33/h12,14-15,19-20,29-32,34-38,41-44H,11,13,16-18,21-28,49H2,1-10H3,(H,50,57)(H,51,58)/t30-,31-,32+,34-,35-,36?,37-,38+,41-,42-,43-,44+/m0/s1. The summed E-state index contributed by atoms with van der Waals surface area (Å²) in [4.78, 5) is 93.4. The van der Waals surface area contributed by atoms with Gasteiger partial charge in [-0.1, -0.05) is 84.7 Å². The fourth-order valence-electron chi connectivity index (χ4n) is 10.6. The van der Waals surface area contributed by atoms with Gasteiger partial charge in [-0.25, -0.2) is 10.7 Å². The summed E-state index contributed by atoms with van der Waals surface area (Å²) in [6, 6.07) is 5.96. The fraction of sp³-hybridized carbons (Fsp3) is 0.750. The first kappa shape index (κ1) is 52.5. The summed E-state index contributed by atoms with van der Waals surface area (Å²) in [5.74, 6) is 2.47. The quantitative estimate of drug-likeness (QED) is 0.0728. The van der Waals surface area contributed by atoms with Crippen molar-refractivity contribution >= 4 is 35.5 Å². The van der Waals surface area contributed by atoms with E-state index >= 15 is 0 Å². The van der Waals surface area contributed by atoms with Gasteiger partial charge in [0.25, 0.3) is 0 Å². The van der Waals surface area contributed by atoms with Crippen molar-refractivity contribution in [2.24, 2.45) is 35.5 Å². The highest BCUT2D eigenvalue weighted by molar-refractivity contribution is 5.93. The number of hydrogen-bond acceptors (Lipinski definition) is 11. The molecule has 360 valence electrons. The van der Waals surface area contributed by atoms with Gasteiger partial charge in [-0.2, -0.15) is 0 Å². The lowest BCUT2D eigenvalue weighted by Crippen LogP contribution is -2.60. The number of esters is 1. The zero-order valence-electron chi connectivity index (χ0n) is 40.1. The summed E-state index contributed by atoms with van der Waals surface area (Å²) in [5, 5.41) is 5.97. The van der Waals surface area contributed by atoms with Crippen LogP contribution in [0.1, 0.15) is 111 Å². The minimum absolute atomic E-state index is 0.00937. The molecule has 4 rings (SSSR count). The minimum Gasteiger partial charge on any atom is -0.467 e. The molecule has 5 amide bonds. The van der Waals surface area contributed by atoms with Crippen LogP contribution in [-0.4, -0.2) is 140 Å². The van der Waals surface area contributed by atoms with Crippen LogP contribution >= 0.6 is 0 Å². The van der Waals surface area contributed by atoms with Crippen LogP contribution < -0.4 is 16.5 Å². The Bertz CT molecular complexity index is 1700. The van der Waals surface area contributed by atoms with Gasteiger partial charge in [0.1, 0.15) is 18.1 Å². The molecule has 16 nitrogen and oxygen atoms in total. The van der Waals surface area contributed by atoms with Gasteiger partial charge in [0, 0.05) is 46.7 Å². The molecule has 16 heteroatoms. The molecule has 4 N–H and O–H groups in total. The molecule has 2 aliphatic heterocycles. The van der Waals surface area contributed by atoms with Gasteiger partial charge in [-0.05, 0) is 67.8 Å². The number of rotatable bonds is 25. The van der Waals surface area contributed by atoms with Gasteiger partial charge in [-0.15, -0.1) is 0 Å². The maximum absolute atomic E-state index is 14.7. The summed E-state index contributed by atoms with van der Waals surface area (Å²) in [7, 11) is 6.06. The van der Waals surface area contributed by atoms with Crippen LogP contribution in [0.5, 0.6) is 0 Å². The predicted octanol–water partition coefficient (Wildman–Crippen LogP) is 4.02. The van der Waals surface area contributed by atoms with Gasteiger partial charge < -0.3 is 44.4 Å². The van der Waals surface area contributed by atoms with E-state index in [1.807, 2.05) is 58.0 Å². The van der Waals surface area contributed by atoms with Gasteiger partial charge in [0.05, 0.1) is 50.3 Å². The second-order valence-electron chi connectivity index (χ2n) is 18.7. The van der Waals surface area contributed by atoms with Crippen LogP contribution in [0.4, 0.5) is 0 Å². The smallest absolute Gasteiger partial charge is 0.328 e. The molecular formula is C48H78N6O10. The number of fused-ring (bicyclic) bond motifs is 2. The molecule has 3 aliphatic rings. The monoisotopic (exact) mass is 899 g/mol. The molecule has 0 radical (unpaired) electrons. The van der Waals surface area contributed by atoms with E-state index in [-0.39, 0.29) is 66.2 Å². The minimum atomic E-state index is -0.909. The first-order valence-electron chi connectivity index (χ1n) is 23.5. The number of ether oxygens (including phenoxy) is 3. The maximum Gasteiger partial charge on any atom is 0.328 e. The van der Waals surface area contributed by atoms with Gasteiger partial charge in [0.2, 0.25) is 29.5 Å². The molecular weight excluding hydrogens is 821 g/mol. The van der Waals surface area contributed by atoms with Crippen molar-refractivity contribution in [3.8, 4) is 0 Å². The Morgan fingerprint density at radius 3 is 2.22 bits per heavy atom. The molecule has 1 aromatic rings. The number of carbonyl (C=O) groups is 6.